The molecular weight excluding hydrogens is 309 g/mol. The molecule has 2 heterocycles. The maximum atomic E-state index is 13.0. The van der Waals surface area contributed by atoms with Gasteiger partial charge in [0.05, 0.1) is 6.61 Å². The lowest BCUT2D eigenvalue weighted by atomic mass is 10.2. The van der Waals surface area contributed by atoms with Crippen LogP contribution < -0.4 is 15.1 Å². The first-order valence-electron chi connectivity index (χ1n) is 8.07. The Kier molecular flexibility index (Phi) is 5.43. The van der Waals surface area contributed by atoms with Gasteiger partial charge in [-0.3, -0.25) is 0 Å². The minimum atomic E-state index is -0.205. The van der Waals surface area contributed by atoms with Crippen molar-refractivity contribution in [3.05, 3.63) is 42.3 Å². The minimum Gasteiger partial charge on any atom is -0.383 e. The number of anilines is 3. The molecule has 0 amide bonds. The van der Waals surface area contributed by atoms with Gasteiger partial charge >= 0.3 is 0 Å². The molecule has 0 bridgehead atoms. The van der Waals surface area contributed by atoms with Crippen molar-refractivity contribution >= 4 is 17.5 Å². The van der Waals surface area contributed by atoms with Crippen molar-refractivity contribution in [3.63, 3.8) is 0 Å². The Morgan fingerprint density at radius 1 is 1.08 bits per heavy atom. The molecule has 6 nitrogen and oxygen atoms in total. The largest absolute Gasteiger partial charge is 0.383 e. The Balaban J connectivity index is 1.58. The fourth-order valence-corrected chi connectivity index (χ4v) is 2.70. The fourth-order valence-electron chi connectivity index (χ4n) is 2.70. The molecule has 0 radical (unpaired) electrons. The van der Waals surface area contributed by atoms with E-state index in [1.807, 2.05) is 18.2 Å². The molecule has 2 aromatic rings. The van der Waals surface area contributed by atoms with Gasteiger partial charge in [0.25, 0.3) is 0 Å². The van der Waals surface area contributed by atoms with Crippen molar-refractivity contribution in [1.82, 2.24) is 9.97 Å². The number of ether oxygens (including phenoxy) is 1. The van der Waals surface area contributed by atoms with Gasteiger partial charge in [-0.1, -0.05) is 0 Å². The summed E-state index contributed by atoms with van der Waals surface area (Å²) in [5, 5.41) is 3.22. The van der Waals surface area contributed by atoms with Crippen LogP contribution in [0.1, 0.15) is 0 Å². The number of piperazine rings is 1. The molecule has 3 rings (SSSR count). The summed E-state index contributed by atoms with van der Waals surface area (Å²) < 4.78 is 18.1. The molecule has 1 fully saturated rings. The van der Waals surface area contributed by atoms with Crippen LogP contribution in [-0.4, -0.2) is 56.4 Å². The second-order valence-corrected chi connectivity index (χ2v) is 5.61. The monoisotopic (exact) mass is 331 g/mol. The zero-order chi connectivity index (χ0) is 16.8. The molecule has 1 aromatic heterocycles. The van der Waals surface area contributed by atoms with Gasteiger partial charge in [-0.2, -0.15) is 4.98 Å². The lowest BCUT2D eigenvalue weighted by Gasteiger charge is -2.36. The molecule has 1 aliphatic rings. The van der Waals surface area contributed by atoms with Gasteiger partial charge in [-0.15, -0.1) is 0 Å². The number of aromatic nitrogens is 2. The number of methoxy groups -OCH3 is 1. The Morgan fingerprint density at radius 2 is 1.79 bits per heavy atom. The van der Waals surface area contributed by atoms with E-state index in [1.54, 1.807) is 13.3 Å². The zero-order valence-electron chi connectivity index (χ0n) is 13.8. The van der Waals surface area contributed by atoms with Gasteiger partial charge in [-0.05, 0) is 30.3 Å². The van der Waals surface area contributed by atoms with Gasteiger partial charge in [0.2, 0.25) is 5.95 Å². The third-order valence-electron chi connectivity index (χ3n) is 4.01. The molecule has 24 heavy (non-hydrogen) atoms. The van der Waals surface area contributed by atoms with E-state index in [9.17, 15) is 4.39 Å². The van der Waals surface area contributed by atoms with E-state index in [0.717, 1.165) is 43.6 Å². The lowest BCUT2D eigenvalue weighted by molar-refractivity contribution is 0.210. The molecule has 1 N–H and O–H groups in total. The Morgan fingerprint density at radius 3 is 2.50 bits per heavy atom. The summed E-state index contributed by atoms with van der Waals surface area (Å²) in [6, 6.07) is 8.50. The summed E-state index contributed by atoms with van der Waals surface area (Å²) >= 11 is 0. The van der Waals surface area contributed by atoms with Gasteiger partial charge in [0, 0.05) is 51.7 Å². The average molecular weight is 331 g/mol. The quantitative estimate of drug-likeness (QED) is 0.817. The van der Waals surface area contributed by atoms with E-state index in [1.165, 1.54) is 12.1 Å². The van der Waals surface area contributed by atoms with E-state index in [4.69, 9.17) is 4.74 Å². The summed E-state index contributed by atoms with van der Waals surface area (Å²) in [7, 11) is 1.67. The van der Waals surface area contributed by atoms with Crippen LogP contribution in [0.25, 0.3) is 0 Å². The smallest absolute Gasteiger partial charge is 0.227 e. The summed E-state index contributed by atoms with van der Waals surface area (Å²) in [5.74, 6) is 1.33. The molecule has 7 heteroatoms. The molecule has 128 valence electrons. The number of rotatable bonds is 6. The third-order valence-corrected chi connectivity index (χ3v) is 4.01. The average Bonchev–Trinajstić information content (AvgIpc) is 2.63. The maximum Gasteiger partial charge on any atom is 0.227 e. The topological polar surface area (TPSA) is 53.5 Å². The van der Waals surface area contributed by atoms with E-state index >= 15 is 0 Å². The maximum absolute atomic E-state index is 13.0. The summed E-state index contributed by atoms with van der Waals surface area (Å²) in [6.45, 7) is 4.73. The second-order valence-electron chi connectivity index (χ2n) is 5.61. The van der Waals surface area contributed by atoms with Crippen molar-refractivity contribution in [2.24, 2.45) is 0 Å². The van der Waals surface area contributed by atoms with Crippen molar-refractivity contribution < 1.29 is 9.13 Å². The van der Waals surface area contributed by atoms with Crippen molar-refractivity contribution in [2.75, 3.05) is 61.6 Å². The van der Waals surface area contributed by atoms with Crippen LogP contribution in [0.3, 0.4) is 0 Å². The molecular formula is C17H22FN5O. The first-order chi connectivity index (χ1) is 11.8. The standard InChI is InChI=1S/C17H22FN5O/c1-24-13-8-19-16-6-7-20-17(21-16)23-11-9-22(10-12-23)15-4-2-14(18)3-5-15/h2-7H,8-13H2,1H3,(H,19,20,21). The summed E-state index contributed by atoms with van der Waals surface area (Å²) in [6.07, 6.45) is 1.77. The van der Waals surface area contributed by atoms with E-state index < -0.39 is 0 Å². The normalized spacial score (nSPS) is 14.8. The molecule has 1 saturated heterocycles. The second kappa shape index (κ2) is 7.92. The van der Waals surface area contributed by atoms with Crippen LogP contribution in [0.4, 0.5) is 21.8 Å². The van der Waals surface area contributed by atoms with Crippen LogP contribution >= 0.6 is 0 Å². The Bertz CT molecular complexity index is 644. The fraction of sp³-hybridized carbons (Fsp3) is 0.412. The zero-order valence-corrected chi connectivity index (χ0v) is 13.8. The van der Waals surface area contributed by atoms with Gasteiger partial charge in [-0.25, -0.2) is 9.37 Å². The Hall–Kier alpha value is -2.41. The number of hydrogen-bond donors (Lipinski definition) is 1. The Labute approximate surface area is 141 Å². The molecule has 0 atom stereocenters. The highest BCUT2D eigenvalue weighted by atomic mass is 19.1. The van der Waals surface area contributed by atoms with Crippen LogP contribution in [0.15, 0.2) is 36.5 Å². The number of halogens is 1. The van der Waals surface area contributed by atoms with Crippen LogP contribution in [0.2, 0.25) is 0 Å². The molecule has 0 unspecified atom stereocenters. The highest BCUT2D eigenvalue weighted by molar-refractivity contribution is 5.49. The first kappa shape index (κ1) is 16.4. The van der Waals surface area contributed by atoms with Crippen LogP contribution in [0.5, 0.6) is 0 Å². The lowest BCUT2D eigenvalue weighted by Crippen LogP contribution is -2.47. The molecule has 1 aromatic carbocycles. The number of nitrogens with one attached hydrogen (secondary N) is 1. The summed E-state index contributed by atoms with van der Waals surface area (Å²) in [4.78, 5) is 13.3. The van der Waals surface area contributed by atoms with Crippen LogP contribution in [-0.2, 0) is 4.74 Å². The van der Waals surface area contributed by atoms with Crippen molar-refractivity contribution in [1.29, 1.82) is 0 Å². The van der Waals surface area contributed by atoms with E-state index in [0.29, 0.717) is 13.2 Å². The molecule has 0 aliphatic carbocycles. The number of nitrogens with zero attached hydrogens (tertiary/aromatic N) is 4. The predicted octanol–water partition coefficient (Wildman–Crippen LogP) is 2.00. The van der Waals surface area contributed by atoms with Gasteiger partial charge < -0.3 is 19.9 Å². The molecule has 0 spiro atoms. The van der Waals surface area contributed by atoms with Crippen molar-refractivity contribution in [2.45, 2.75) is 0 Å². The minimum absolute atomic E-state index is 0.205. The van der Waals surface area contributed by atoms with Gasteiger partial charge in [0.1, 0.15) is 11.6 Å². The highest BCUT2D eigenvalue weighted by Gasteiger charge is 2.19. The molecule has 1 aliphatic heterocycles. The number of hydrogen-bond acceptors (Lipinski definition) is 6. The molecule has 0 saturated carbocycles. The SMILES string of the molecule is COCCNc1ccnc(N2CCN(c3ccc(F)cc3)CC2)n1. The highest BCUT2D eigenvalue weighted by Crippen LogP contribution is 2.19. The van der Waals surface area contributed by atoms with E-state index in [2.05, 4.69) is 25.1 Å². The number of benzene rings is 1. The van der Waals surface area contributed by atoms with Crippen molar-refractivity contribution in [3.8, 4) is 0 Å². The van der Waals surface area contributed by atoms with E-state index in [-0.39, 0.29) is 5.82 Å². The predicted molar refractivity (Wildman–Crippen MR) is 93.2 cm³/mol. The van der Waals surface area contributed by atoms with Gasteiger partial charge in [0.15, 0.2) is 0 Å². The first-order valence-corrected chi connectivity index (χ1v) is 8.07. The summed E-state index contributed by atoms with van der Waals surface area (Å²) in [5.41, 5.74) is 1.05. The van der Waals surface area contributed by atoms with Crippen LogP contribution in [0, 0.1) is 5.82 Å². The third kappa shape index (κ3) is 4.11.